The van der Waals surface area contributed by atoms with Gasteiger partial charge in [-0.15, -0.1) is 5.10 Å². The van der Waals surface area contributed by atoms with Crippen molar-refractivity contribution < 1.29 is 4.74 Å². The first-order valence-electron chi connectivity index (χ1n) is 6.45. The molecule has 0 radical (unpaired) electrons. The molecule has 106 valence electrons. The third kappa shape index (κ3) is 3.11. The van der Waals surface area contributed by atoms with E-state index >= 15 is 0 Å². The predicted molar refractivity (Wildman–Crippen MR) is 83.4 cm³/mol. The second-order valence-electron chi connectivity index (χ2n) is 4.44. The highest BCUT2D eigenvalue weighted by Crippen LogP contribution is 2.17. The van der Waals surface area contributed by atoms with Gasteiger partial charge in [0.25, 0.3) is 5.56 Å². The summed E-state index contributed by atoms with van der Waals surface area (Å²) < 4.78 is 7.87. The minimum atomic E-state index is -0.154. The Bertz CT molecular complexity index is 832. The molecule has 0 saturated carbocycles. The van der Waals surface area contributed by atoms with E-state index < -0.39 is 0 Å². The van der Waals surface area contributed by atoms with Crippen LogP contribution in [0.5, 0.6) is 5.75 Å². The summed E-state index contributed by atoms with van der Waals surface area (Å²) in [6.45, 7) is 0.701. The van der Waals surface area contributed by atoms with Crippen LogP contribution in [0.4, 0.5) is 0 Å². The Balaban J connectivity index is 1.74. The molecule has 0 aliphatic rings. The van der Waals surface area contributed by atoms with E-state index in [9.17, 15) is 4.79 Å². The largest absolute Gasteiger partial charge is 0.492 e. The number of hydrogen-bond donors (Lipinski definition) is 0. The lowest BCUT2D eigenvalue weighted by Crippen LogP contribution is -2.26. The molecule has 3 rings (SSSR count). The molecule has 0 fully saturated rings. The molecule has 0 amide bonds. The van der Waals surface area contributed by atoms with Crippen molar-refractivity contribution in [3.63, 3.8) is 0 Å². The highest BCUT2D eigenvalue weighted by molar-refractivity contribution is 9.10. The standard InChI is InChI=1S/C15H12BrN3O2/c16-11-4-3-5-12(10-11)21-9-8-19-15(20)13-6-1-2-7-14(13)17-18-19/h1-7,10H,8-9H2. The Morgan fingerprint density at radius 3 is 2.86 bits per heavy atom. The molecule has 6 heteroatoms. The van der Waals surface area contributed by atoms with Crippen LogP contribution in [-0.4, -0.2) is 21.6 Å². The summed E-state index contributed by atoms with van der Waals surface area (Å²) >= 11 is 3.38. The second kappa shape index (κ2) is 6.05. The van der Waals surface area contributed by atoms with Crippen molar-refractivity contribution in [3.8, 4) is 5.75 Å². The predicted octanol–water partition coefficient (Wildman–Crippen LogP) is 2.63. The van der Waals surface area contributed by atoms with Gasteiger partial charge in [0.1, 0.15) is 17.9 Å². The van der Waals surface area contributed by atoms with Gasteiger partial charge in [-0.3, -0.25) is 4.79 Å². The Morgan fingerprint density at radius 1 is 1.14 bits per heavy atom. The van der Waals surface area contributed by atoms with Gasteiger partial charge in [-0.2, -0.15) is 0 Å². The number of aromatic nitrogens is 3. The van der Waals surface area contributed by atoms with Crippen LogP contribution >= 0.6 is 15.9 Å². The number of fused-ring (bicyclic) bond motifs is 1. The molecule has 0 aliphatic carbocycles. The van der Waals surface area contributed by atoms with Gasteiger partial charge in [0, 0.05) is 4.47 Å². The van der Waals surface area contributed by atoms with Gasteiger partial charge in [0.15, 0.2) is 0 Å². The van der Waals surface area contributed by atoms with E-state index in [1.165, 1.54) is 4.68 Å². The van der Waals surface area contributed by atoms with Crippen molar-refractivity contribution >= 4 is 26.8 Å². The SMILES string of the molecule is O=c1c2ccccc2nnn1CCOc1cccc(Br)c1. The van der Waals surface area contributed by atoms with Crippen LogP contribution in [0.2, 0.25) is 0 Å². The first-order valence-corrected chi connectivity index (χ1v) is 7.24. The summed E-state index contributed by atoms with van der Waals surface area (Å²) in [6.07, 6.45) is 0. The molecule has 0 atom stereocenters. The summed E-state index contributed by atoms with van der Waals surface area (Å²) in [5.74, 6) is 0.742. The molecule has 5 nitrogen and oxygen atoms in total. The fourth-order valence-electron chi connectivity index (χ4n) is 1.98. The summed E-state index contributed by atoms with van der Waals surface area (Å²) in [5.41, 5.74) is 0.449. The van der Waals surface area contributed by atoms with Gasteiger partial charge in [0.2, 0.25) is 0 Å². The normalized spacial score (nSPS) is 10.7. The number of hydrogen-bond acceptors (Lipinski definition) is 4. The van der Waals surface area contributed by atoms with Crippen LogP contribution in [0.25, 0.3) is 10.9 Å². The lowest BCUT2D eigenvalue weighted by atomic mass is 10.2. The van der Waals surface area contributed by atoms with Gasteiger partial charge in [0.05, 0.1) is 11.9 Å². The van der Waals surface area contributed by atoms with Crippen LogP contribution in [0.15, 0.2) is 57.8 Å². The van der Waals surface area contributed by atoms with Crippen molar-refractivity contribution in [2.24, 2.45) is 0 Å². The topological polar surface area (TPSA) is 57.0 Å². The zero-order chi connectivity index (χ0) is 14.7. The van der Waals surface area contributed by atoms with Gasteiger partial charge in [-0.05, 0) is 30.3 Å². The molecular formula is C15H12BrN3O2. The molecule has 21 heavy (non-hydrogen) atoms. The van der Waals surface area contributed by atoms with Crippen molar-refractivity contribution in [2.75, 3.05) is 6.61 Å². The average Bonchev–Trinajstić information content (AvgIpc) is 2.50. The Kier molecular flexibility index (Phi) is 3.96. The van der Waals surface area contributed by atoms with Crippen LogP contribution < -0.4 is 10.3 Å². The fourth-order valence-corrected chi connectivity index (χ4v) is 2.35. The first-order chi connectivity index (χ1) is 10.2. The number of rotatable bonds is 4. The number of ether oxygens (including phenoxy) is 1. The maximum atomic E-state index is 12.2. The van der Waals surface area contributed by atoms with Crippen molar-refractivity contribution in [3.05, 3.63) is 63.4 Å². The third-order valence-electron chi connectivity index (χ3n) is 3.00. The van der Waals surface area contributed by atoms with Gasteiger partial charge >= 0.3 is 0 Å². The lowest BCUT2D eigenvalue weighted by Gasteiger charge is -2.07. The highest BCUT2D eigenvalue weighted by Gasteiger charge is 2.04. The monoisotopic (exact) mass is 345 g/mol. The Morgan fingerprint density at radius 2 is 2.00 bits per heavy atom. The molecule has 1 aromatic heterocycles. The van der Waals surface area contributed by atoms with E-state index in [0.717, 1.165) is 10.2 Å². The minimum Gasteiger partial charge on any atom is -0.492 e. The van der Waals surface area contributed by atoms with E-state index in [0.29, 0.717) is 24.1 Å². The van der Waals surface area contributed by atoms with Crippen molar-refractivity contribution in [1.29, 1.82) is 0 Å². The minimum absolute atomic E-state index is 0.154. The third-order valence-corrected chi connectivity index (χ3v) is 3.49. The van der Waals surface area contributed by atoms with Gasteiger partial charge in [-0.1, -0.05) is 39.3 Å². The molecular weight excluding hydrogens is 334 g/mol. The molecule has 0 bridgehead atoms. The molecule has 0 N–H and O–H groups in total. The van der Waals surface area contributed by atoms with Crippen LogP contribution in [0.3, 0.4) is 0 Å². The van der Waals surface area contributed by atoms with Crippen LogP contribution in [-0.2, 0) is 6.54 Å². The Labute approximate surface area is 129 Å². The van der Waals surface area contributed by atoms with Crippen LogP contribution in [0, 0.1) is 0 Å². The number of benzene rings is 2. The van der Waals surface area contributed by atoms with Crippen LogP contribution in [0.1, 0.15) is 0 Å². The summed E-state index contributed by atoms with van der Waals surface area (Å²) in [7, 11) is 0. The molecule has 0 saturated heterocycles. The molecule has 0 aliphatic heterocycles. The van der Waals surface area contributed by atoms with Crippen molar-refractivity contribution in [2.45, 2.75) is 6.54 Å². The molecule has 2 aromatic carbocycles. The fraction of sp³-hybridized carbons (Fsp3) is 0.133. The maximum absolute atomic E-state index is 12.2. The van der Waals surface area contributed by atoms with Gasteiger partial charge in [-0.25, -0.2) is 4.68 Å². The van der Waals surface area contributed by atoms with Gasteiger partial charge < -0.3 is 4.74 Å². The van der Waals surface area contributed by atoms with Crippen molar-refractivity contribution in [1.82, 2.24) is 15.0 Å². The quantitative estimate of drug-likeness (QED) is 0.729. The molecule has 0 unspecified atom stereocenters. The first kappa shape index (κ1) is 13.8. The highest BCUT2D eigenvalue weighted by atomic mass is 79.9. The lowest BCUT2D eigenvalue weighted by molar-refractivity contribution is 0.285. The average molecular weight is 346 g/mol. The molecule has 3 aromatic rings. The van der Waals surface area contributed by atoms with E-state index in [1.807, 2.05) is 36.4 Å². The summed E-state index contributed by atoms with van der Waals surface area (Å²) in [5, 5.41) is 8.52. The Hall–Kier alpha value is -2.21. The number of halogens is 1. The smallest absolute Gasteiger partial charge is 0.277 e. The summed E-state index contributed by atoms with van der Waals surface area (Å²) in [4.78, 5) is 12.2. The van der Waals surface area contributed by atoms with E-state index in [4.69, 9.17) is 4.74 Å². The zero-order valence-electron chi connectivity index (χ0n) is 11.1. The van der Waals surface area contributed by atoms with E-state index in [2.05, 4.69) is 26.2 Å². The zero-order valence-corrected chi connectivity index (χ0v) is 12.7. The maximum Gasteiger partial charge on any atom is 0.277 e. The second-order valence-corrected chi connectivity index (χ2v) is 5.36. The van der Waals surface area contributed by atoms with E-state index in [1.54, 1.807) is 12.1 Å². The van der Waals surface area contributed by atoms with E-state index in [-0.39, 0.29) is 5.56 Å². The molecule has 0 spiro atoms. The number of nitrogens with zero attached hydrogens (tertiary/aromatic N) is 3. The molecule has 1 heterocycles. The summed E-state index contributed by atoms with van der Waals surface area (Å²) in [6, 6.07) is 14.7.